The van der Waals surface area contributed by atoms with Crippen LogP contribution in [0.15, 0.2) is 53.3 Å². The zero-order chi connectivity index (χ0) is 25.4. The largest absolute Gasteiger partial charge is 0.378 e. The van der Waals surface area contributed by atoms with Crippen molar-refractivity contribution in [2.75, 3.05) is 56.5 Å². The monoisotopic (exact) mass is 560 g/mol. The quantitative estimate of drug-likeness (QED) is 0.358. The van der Waals surface area contributed by atoms with E-state index in [1.54, 1.807) is 0 Å². The molecule has 0 bridgehead atoms. The van der Waals surface area contributed by atoms with Gasteiger partial charge in [-0.15, -0.1) is 0 Å². The van der Waals surface area contributed by atoms with Crippen LogP contribution >= 0.6 is 15.9 Å². The summed E-state index contributed by atoms with van der Waals surface area (Å²) < 4.78 is 0.945. The van der Waals surface area contributed by atoms with Crippen LogP contribution in [0, 0.1) is 6.92 Å². The van der Waals surface area contributed by atoms with Crippen molar-refractivity contribution in [2.24, 2.45) is 0 Å². The number of piperazine rings is 1. The van der Waals surface area contributed by atoms with Gasteiger partial charge in [-0.3, -0.25) is 9.88 Å². The highest BCUT2D eigenvalue weighted by molar-refractivity contribution is 9.10. The van der Waals surface area contributed by atoms with Gasteiger partial charge in [0.15, 0.2) is 5.65 Å². The molecule has 3 aromatic heterocycles. The number of rotatable bonds is 6. The Balaban J connectivity index is 1.13. The van der Waals surface area contributed by atoms with E-state index in [-0.39, 0.29) is 0 Å². The first-order valence-corrected chi connectivity index (χ1v) is 13.8. The van der Waals surface area contributed by atoms with E-state index in [1.807, 2.05) is 19.3 Å². The Morgan fingerprint density at radius 3 is 2.51 bits per heavy atom. The fourth-order valence-corrected chi connectivity index (χ4v) is 5.71. The lowest BCUT2D eigenvalue weighted by Crippen LogP contribution is -2.45. The van der Waals surface area contributed by atoms with Gasteiger partial charge < -0.3 is 20.1 Å². The number of hydrogen-bond donors (Lipinski definition) is 2. The molecule has 2 aliphatic rings. The highest BCUT2D eigenvalue weighted by Gasteiger charge is 2.22. The van der Waals surface area contributed by atoms with Crippen molar-refractivity contribution < 1.29 is 0 Å². The summed E-state index contributed by atoms with van der Waals surface area (Å²) in [5.74, 6) is 0.843. The molecule has 5 heterocycles. The molecule has 9 heteroatoms. The normalized spacial score (nSPS) is 19.1. The smallest absolute Gasteiger partial charge is 0.159 e. The van der Waals surface area contributed by atoms with Crippen LogP contribution in [-0.2, 0) is 6.54 Å². The maximum atomic E-state index is 4.95. The van der Waals surface area contributed by atoms with E-state index < -0.39 is 0 Å². The summed E-state index contributed by atoms with van der Waals surface area (Å²) >= 11 is 3.68. The second kappa shape index (κ2) is 10.4. The second-order valence-electron chi connectivity index (χ2n) is 10.3. The molecule has 37 heavy (non-hydrogen) atoms. The molecule has 8 nitrogen and oxygen atoms in total. The lowest BCUT2D eigenvalue weighted by atomic mass is 10.1. The molecule has 192 valence electrons. The van der Waals surface area contributed by atoms with E-state index in [0.717, 1.165) is 90.6 Å². The molecular weight excluding hydrogens is 528 g/mol. The minimum absolute atomic E-state index is 0.417. The van der Waals surface area contributed by atoms with Crippen LogP contribution in [0.25, 0.3) is 22.6 Å². The zero-order valence-electron chi connectivity index (χ0n) is 21.4. The number of hydrogen-bond acceptors (Lipinski definition) is 7. The van der Waals surface area contributed by atoms with Gasteiger partial charge in [-0.2, -0.15) is 0 Å². The minimum Gasteiger partial charge on any atom is -0.378 e. The third kappa shape index (κ3) is 5.35. The van der Waals surface area contributed by atoms with Crippen molar-refractivity contribution in [3.8, 4) is 11.4 Å². The summed E-state index contributed by atoms with van der Waals surface area (Å²) in [7, 11) is 2.16. The maximum Gasteiger partial charge on any atom is 0.159 e. The molecule has 1 unspecified atom stereocenters. The van der Waals surface area contributed by atoms with Gasteiger partial charge in [0, 0.05) is 74.6 Å². The summed E-state index contributed by atoms with van der Waals surface area (Å²) in [6, 6.07) is 13.4. The highest BCUT2D eigenvalue weighted by atomic mass is 79.9. The number of nitrogens with one attached hydrogen (secondary N) is 2. The number of H-pyrrole nitrogens is 1. The lowest BCUT2D eigenvalue weighted by molar-refractivity contribution is 0.249. The first-order chi connectivity index (χ1) is 18.0. The molecule has 6 rings (SSSR count). The van der Waals surface area contributed by atoms with Crippen LogP contribution < -0.4 is 10.2 Å². The summed E-state index contributed by atoms with van der Waals surface area (Å²) in [5, 5.41) is 3.70. The van der Waals surface area contributed by atoms with Crippen molar-refractivity contribution in [3.05, 3.63) is 64.5 Å². The number of pyridine rings is 2. The second-order valence-corrected chi connectivity index (χ2v) is 11.1. The van der Waals surface area contributed by atoms with E-state index in [4.69, 9.17) is 4.98 Å². The Hall–Kier alpha value is -3.01. The zero-order valence-corrected chi connectivity index (χ0v) is 23.0. The van der Waals surface area contributed by atoms with Gasteiger partial charge in [-0.25, -0.2) is 9.97 Å². The molecule has 1 atom stereocenters. The standard InChI is InChI=1S/C28H33BrN8/c1-19-3-4-20(15-30-19)17-36-11-13-37(14-12-36)23-7-5-21(6-8-23)27-33-26-25(24(29)16-31-28(26)34-27)32-22-9-10-35(2)18-22/h3-8,15-16,22H,9-14,17-18H2,1-2H3,(H2,31,32,33,34). The summed E-state index contributed by atoms with van der Waals surface area (Å²) in [4.78, 5) is 24.7. The van der Waals surface area contributed by atoms with Crippen LogP contribution in [0.3, 0.4) is 0 Å². The molecule has 4 aromatic rings. The number of imidazole rings is 1. The Bertz CT molecular complexity index is 1360. The lowest BCUT2D eigenvalue weighted by Gasteiger charge is -2.36. The molecule has 2 fully saturated rings. The predicted octanol–water partition coefficient (Wildman–Crippen LogP) is 4.53. The van der Waals surface area contributed by atoms with E-state index in [2.05, 4.69) is 94.3 Å². The van der Waals surface area contributed by atoms with E-state index in [1.165, 1.54) is 11.3 Å². The number of aromatic nitrogens is 4. The van der Waals surface area contributed by atoms with Gasteiger partial charge in [0.25, 0.3) is 0 Å². The number of anilines is 2. The number of benzene rings is 1. The van der Waals surface area contributed by atoms with Crippen molar-refractivity contribution in [2.45, 2.75) is 25.9 Å². The third-order valence-corrected chi connectivity index (χ3v) is 8.07. The van der Waals surface area contributed by atoms with Crippen molar-refractivity contribution in [1.29, 1.82) is 0 Å². The first kappa shape index (κ1) is 24.3. The third-order valence-electron chi connectivity index (χ3n) is 7.46. The van der Waals surface area contributed by atoms with Crippen LogP contribution in [0.2, 0.25) is 0 Å². The number of fused-ring (bicyclic) bond motifs is 1. The number of likely N-dealkylation sites (tertiary alicyclic amines) is 1. The number of likely N-dealkylation sites (N-methyl/N-ethyl adjacent to an activating group) is 1. The number of aromatic amines is 1. The van der Waals surface area contributed by atoms with Gasteiger partial charge >= 0.3 is 0 Å². The van der Waals surface area contributed by atoms with Gasteiger partial charge in [0.05, 0.1) is 10.2 Å². The molecular formula is C28H33BrN8. The molecule has 2 saturated heterocycles. The molecule has 0 amide bonds. The van der Waals surface area contributed by atoms with Crippen molar-refractivity contribution in [3.63, 3.8) is 0 Å². The molecule has 0 saturated carbocycles. The molecule has 2 aliphatic heterocycles. The predicted molar refractivity (Wildman–Crippen MR) is 153 cm³/mol. The summed E-state index contributed by atoms with van der Waals surface area (Å²) in [6.07, 6.45) is 4.98. The van der Waals surface area contributed by atoms with Gasteiger partial charge in [-0.1, -0.05) is 6.07 Å². The van der Waals surface area contributed by atoms with Gasteiger partial charge in [0.1, 0.15) is 11.3 Å². The van der Waals surface area contributed by atoms with Crippen LogP contribution in [0.5, 0.6) is 0 Å². The Labute approximate surface area is 226 Å². The number of aryl methyl sites for hydroxylation is 1. The Kier molecular flexibility index (Phi) is 6.84. The van der Waals surface area contributed by atoms with E-state index >= 15 is 0 Å². The molecule has 1 aromatic carbocycles. The Morgan fingerprint density at radius 1 is 1.00 bits per heavy atom. The summed E-state index contributed by atoms with van der Waals surface area (Å²) in [6.45, 7) is 9.28. The molecule has 0 spiro atoms. The van der Waals surface area contributed by atoms with E-state index in [0.29, 0.717) is 6.04 Å². The number of nitrogens with zero attached hydrogens (tertiary/aromatic N) is 6. The SMILES string of the molecule is Cc1ccc(CN2CCN(c3ccc(-c4nc5c(NC6CCN(C)C6)c(Br)cnc5[nH]4)cc3)CC2)cn1. The highest BCUT2D eigenvalue weighted by Crippen LogP contribution is 2.32. The van der Waals surface area contributed by atoms with Crippen LogP contribution in [0.4, 0.5) is 11.4 Å². The first-order valence-electron chi connectivity index (χ1n) is 13.0. The van der Waals surface area contributed by atoms with Crippen LogP contribution in [0.1, 0.15) is 17.7 Å². The van der Waals surface area contributed by atoms with Gasteiger partial charge in [-0.05, 0) is 78.8 Å². The molecule has 0 radical (unpaired) electrons. The molecule has 0 aliphatic carbocycles. The maximum absolute atomic E-state index is 4.95. The fourth-order valence-electron chi connectivity index (χ4n) is 5.31. The fraction of sp³-hybridized carbons (Fsp3) is 0.393. The minimum atomic E-state index is 0.417. The van der Waals surface area contributed by atoms with Crippen LogP contribution in [-0.4, -0.2) is 82.1 Å². The molecule has 2 N–H and O–H groups in total. The van der Waals surface area contributed by atoms with E-state index in [9.17, 15) is 0 Å². The van der Waals surface area contributed by atoms with Crippen molar-refractivity contribution >= 4 is 38.5 Å². The average Bonchev–Trinajstić information content (AvgIpc) is 3.54. The van der Waals surface area contributed by atoms with Gasteiger partial charge in [0.2, 0.25) is 0 Å². The Morgan fingerprint density at radius 2 is 1.81 bits per heavy atom. The number of halogens is 1. The topological polar surface area (TPSA) is 76.2 Å². The summed E-state index contributed by atoms with van der Waals surface area (Å²) in [5.41, 5.74) is 7.37. The van der Waals surface area contributed by atoms with Crippen molar-refractivity contribution in [1.82, 2.24) is 29.7 Å². The average molecular weight is 562 g/mol.